The smallest absolute Gasteiger partial charge is 0.0645 e. The van der Waals surface area contributed by atoms with Gasteiger partial charge >= 0.3 is 0 Å². The summed E-state index contributed by atoms with van der Waals surface area (Å²) in [5.41, 5.74) is 8.85. The first-order chi connectivity index (χ1) is 23.9. The number of anilines is 3. The van der Waals surface area contributed by atoms with Gasteiger partial charge in [-0.15, -0.1) is 0 Å². The van der Waals surface area contributed by atoms with Crippen LogP contribution in [0.2, 0.25) is 0 Å². The SMILES string of the molecule is [2H]c1c([2H])c([2H])c(N(c2ccc(-c3ccccc3)cc2)c2ccc(-c3ccccc3-n3c4ccccc4c4ccccc43)cc2)c([2H])c1[2H]. The maximum Gasteiger partial charge on any atom is 0.0645 e. The fraction of sp³-hybridized carbons (Fsp3) is 0. The van der Waals surface area contributed by atoms with Crippen molar-refractivity contribution in [3.05, 3.63) is 182 Å². The Morgan fingerprint density at radius 1 is 0.409 bits per heavy atom. The summed E-state index contributed by atoms with van der Waals surface area (Å²) >= 11 is 0. The Labute approximate surface area is 264 Å². The van der Waals surface area contributed by atoms with Gasteiger partial charge in [0.15, 0.2) is 0 Å². The molecule has 0 saturated heterocycles. The van der Waals surface area contributed by atoms with E-state index in [4.69, 9.17) is 6.85 Å². The number of hydrogen-bond acceptors (Lipinski definition) is 1. The number of rotatable bonds is 6. The molecule has 0 spiro atoms. The van der Waals surface area contributed by atoms with Gasteiger partial charge < -0.3 is 9.47 Å². The lowest BCUT2D eigenvalue weighted by molar-refractivity contribution is 1.18. The summed E-state index contributed by atoms with van der Waals surface area (Å²) in [6.07, 6.45) is 0. The Balaban J connectivity index is 1.27. The zero-order valence-electron chi connectivity index (χ0n) is 28.8. The molecule has 7 aromatic carbocycles. The predicted molar refractivity (Wildman–Crippen MR) is 186 cm³/mol. The number of benzene rings is 7. The fourth-order valence-electron chi connectivity index (χ4n) is 6.08. The molecule has 44 heavy (non-hydrogen) atoms. The normalized spacial score (nSPS) is 12.8. The van der Waals surface area contributed by atoms with Crippen LogP contribution in [0.15, 0.2) is 182 Å². The third-order valence-corrected chi connectivity index (χ3v) is 8.10. The van der Waals surface area contributed by atoms with Gasteiger partial charge in [0.05, 0.1) is 23.6 Å². The van der Waals surface area contributed by atoms with Gasteiger partial charge in [0.1, 0.15) is 0 Å². The summed E-state index contributed by atoms with van der Waals surface area (Å²) < 4.78 is 45.0. The van der Waals surface area contributed by atoms with E-state index in [2.05, 4.69) is 71.3 Å². The molecule has 0 fully saturated rings. The van der Waals surface area contributed by atoms with E-state index in [0.717, 1.165) is 39.0 Å². The average molecular weight is 568 g/mol. The molecule has 1 aromatic heterocycles. The molecule has 1 heterocycles. The van der Waals surface area contributed by atoms with Crippen molar-refractivity contribution in [3.63, 3.8) is 0 Å². The Bertz CT molecular complexity index is 2410. The highest BCUT2D eigenvalue weighted by Gasteiger charge is 2.16. The molecule has 0 bridgehead atoms. The molecule has 0 aliphatic carbocycles. The predicted octanol–water partition coefficient (Wildman–Crippen LogP) is 11.6. The molecule has 0 atom stereocenters. The number of hydrogen-bond donors (Lipinski definition) is 0. The zero-order valence-corrected chi connectivity index (χ0v) is 23.8. The summed E-state index contributed by atoms with van der Waals surface area (Å²) in [4.78, 5) is 1.75. The van der Waals surface area contributed by atoms with Crippen molar-refractivity contribution in [3.8, 4) is 27.9 Å². The molecule has 2 heteroatoms. The highest BCUT2D eigenvalue weighted by Crippen LogP contribution is 2.39. The van der Waals surface area contributed by atoms with Crippen molar-refractivity contribution in [2.24, 2.45) is 0 Å². The van der Waals surface area contributed by atoms with Crippen LogP contribution in [-0.2, 0) is 0 Å². The van der Waals surface area contributed by atoms with E-state index in [1.807, 2.05) is 84.9 Å². The van der Waals surface area contributed by atoms with E-state index in [-0.39, 0.29) is 29.9 Å². The summed E-state index contributed by atoms with van der Waals surface area (Å²) in [5.74, 6) is 0. The second kappa shape index (κ2) is 11.1. The van der Waals surface area contributed by atoms with Gasteiger partial charge in [0, 0.05) is 33.4 Å². The van der Waals surface area contributed by atoms with Crippen molar-refractivity contribution in [2.75, 3.05) is 4.90 Å². The van der Waals surface area contributed by atoms with Gasteiger partial charge in [-0.25, -0.2) is 0 Å². The van der Waals surface area contributed by atoms with E-state index < -0.39 is 6.04 Å². The summed E-state index contributed by atoms with van der Waals surface area (Å²) in [6.45, 7) is 0. The number of para-hydroxylation sites is 4. The van der Waals surface area contributed by atoms with Crippen LogP contribution in [0.4, 0.5) is 17.1 Å². The van der Waals surface area contributed by atoms with E-state index in [0.29, 0.717) is 11.4 Å². The molecular weight excluding hydrogens is 532 g/mol. The van der Waals surface area contributed by atoms with Crippen LogP contribution in [0.3, 0.4) is 0 Å². The number of nitrogens with zero attached hydrogens (tertiary/aromatic N) is 2. The van der Waals surface area contributed by atoms with Gasteiger partial charge in [-0.2, -0.15) is 0 Å². The van der Waals surface area contributed by atoms with E-state index >= 15 is 0 Å². The minimum Gasteiger partial charge on any atom is -0.311 e. The molecule has 0 amide bonds. The topological polar surface area (TPSA) is 8.17 Å². The van der Waals surface area contributed by atoms with Crippen molar-refractivity contribution >= 4 is 38.9 Å². The summed E-state index contributed by atoms with van der Waals surface area (Å²) in [5, 5.41) is 2.38. The molecule has 0 aliphatic rings. The first-order valence-corrected chi connectivity index (χ1v) is 14.6. The lowest BCUT2D eigenvalue weighted by atomic mass is 10.0. The average Bonchev–Trinajstić information content (AvgIpc) is 3.50. The van der Waals surface area contributed by atoms with E-state index in [1.54, 1.807) is 4.90 Å². The molecule has 0 saturated carbocycles. The lowest BCUT2D eigenvalue weighted by Gasteiger charge is -2.26. The van der Waals surface area contributed by atoms with Gasteiger partial charge in [-0.05, 0) is 71.2 Å². The van der Waals surface area contributed by atoms with Crippen LogP contribution in [0.25, 0.3) is 49.7 Å². The molecule has 0 N–H and O–H groups in total. The Kier molecular flexibility index (Phi) is 5.27. The molecule has 8 aromatic rings. The second-order valence-electron chi connectivity index (χ2n) is 10.7. The highest BCUT2D eigenvalue weighted by molar-refractivity contribution is 6.09. The van der Waals surface area contributed by atoms with Gasteiger partial charge in [-0.3, -0.25) is 0 Å². The molecule has 0 unspecified atom stereocenters. The Morgan fingerprint density at radius 3 is 1.55 bits per heavy atom. The maximum absolute atomic E-state index is 8.84. The minimum atomic E-state index is -0.421. The maximum atomic E-state index is 8.84. The van der Waals surface area contributed by atoms with Crippen LogP contribution in [0.5, 0.6) is 0 Å². The first-order valence-electron chi connectivity index (χ1n) is 17.1. The second-order valence-corrected chi connectivity index (χ2v) is 10.7. The van der Waals surface area contributed by atoms with Crippen LogP contribution in [0.1, 0.15) is 6.85 Å². The summed E-state index contributed by atoms with van der Waals surface area (Å²) in [7, 11) is 0. The molecule has 0 aliphatic heterocycles. The third-order valence-electron chi connectivity index (χ3n) is 8.10. The summed E-state index contributed by atoms with van der Waals surface area (Å²) in [6, 6.07) is 49.3. The van der Waals surface area contributed by atoms with Crippen molar-refractivity contribution in [1.29, 1.82) is 0 Å². The molecule has 2 nitrogen and oxygen atoms in total. The van der Waals surface area contributed by atoms with Crippen LogP contribution in [0, 0.1) is 0 Å². The Morgan fingerprint density at radius 2 is 0.909 bits per heavy atom. The van der Waals surface area contributed by atoms with Gasteiger partial charge in [0.25, 0.3) is 0 Å². The number of fused-ring (bicyclic) bond motifs is 3. The quantitative estimate of drug-likeness (QED) is 0.194. The fourth-order valence-corrected chi connectivity index (χ4v) is 6.08. The van der Waals surface area contributed by atoms with Crippen LogP contribution < -0.4 is 4.90 Å². The lowest BCUT2D eigenvalue weighted by Crippen LogP contribution is -2.09. The zero-order chi connectivity index (χ0) is 33.6. The molecular formula is C42H30N2. The Hall–Kier alpha value is -5.86. The van der Waals surface area contributed by atoms with E-state index in [1.165, 1.54) is 10.8 Å². The van der Waals surface area contributed by atoms with Crippen LogP contribution >= 0.6 is 0 Å². The van der Waals surface area contributed by atoms with Crippen LogP contribution in [-0.4, -0.2) is 4.57 Å². The van der Waals surface area contributed by atoms with Gasteiger partial charge in [0.2, 0.25) is 0 Å². The monoisotopic (exact) mass is 567 g/mol. The minimum absolute atomic E-state index is 0.0943. The van der Waals surface area contributed by atoms with Crippen molar-refractivity contribution in [1.82, 2.24) is 4.57 Å². The molecule has 8 rings (SSSR count). The largest absolute Gasteiger partial charge is 0.311 e. The standard InChI is InChI=1S/C42H30N2/c1-3-13-31(14-4-1)32-23-27-35(28-24-32)43(34-15-5-2-6-16-34)36-29-25-33(26-30-36)37-17-7-10-20-40(37)44-41-21-11-8-18-38(41)39-19-9-12-22-42(39)44/h1-30H/i2D,5D,6D,15D,16D. The highest BCUT2D eigenvalue weighted by atomic mass is 15.1. The number of aromatic nitrogens is 1. The third kappa shape index (κ3) is 4.54. The van der Waals surface area contributed by atoms with Crippen molar-refractivity contribution in [2.45, 2.75) is 0 Å². The molecule has 208 valence electrons. The van der Waals surface area contributed by atoms with Gasteiger partial charge in [-0.1, -0.05) is 127 Å². The first kappa shape index (κ1) is 20.9. The van der Waals surface area contributed by atoms with E-state index in [9.17, 15) is 0 Å². The molecule has 0 radical (unpaired) electrons. The van der Waals surface area contributed by atoms with Crippen molar-refractivity contribution < 1.29 is 6.85 Å².